The predicted octanol–water partition coefficient (Wildman–Crippen LogP) is 11.5. The van der Waals surface area contributed by atoms with Gasteiger partial charge in [0.25, 0.3) is 0 Å². The molecule has 0 aliphatic heterocycles. The number of hydrogen-bond acceptors (Lipinski definition) is 1. The molecule has 0 spiro atoms. The van der Waals surface area contributed by atoms with Gasteiger partial charge in [0.1, 0.15) is 0 Å². The molecule has 33 heavy (non-hydrogen) atoms. The molecule has 0 aromatic carbocycles. The van der Waals surface area contributed by atoms with E-state index in [1.807, 2.05) is 0 Å². The van der Waals surface area contributed by atoms with Crippen molar-refractivity contribution >= 4 is 0 Å². The second kappa shape index (κ2) is 21.3. The summed E-state index contributed by atoms with van der Waals surface area (Å²) in [6, 6.07) is 0. The first-order valence-electron chi connectivity index (χ1n) is 15.6. The molecule has 0 aliphatic carbocycles. The number of unbranched alkanes of at least 4 members (excludes halogenated alkanes) is 18. The van der Waals surface area contributed by atoms with Crippen LogP contribution in [0.15, 0.2) is 0 Å². The topological polar surface area (TPSA) is 3.24 Å². The summed E-state index contributed by atoms with van der Waals surface area (Å²) in [4.78, 5) is 2.82. The van der Waals surface area contributed by atoms with Crippen molar-refractivity contribution in [1.82, 2.24) is 4.90 Å². The van der Waals surface area contributed by atoms with Gasteiger partial charge < -0.3 is 0 Å². The molecule has 0 fully saturated rings. The van der Waals surface area contributed by atoms with Crippen LogP contribution in [0, 0.1) is 0 Å². The molecule has 200 valence electrons. The minimum Gasteiger partial charge on any atom is -0.293 e. The fourth-order valence-corrected chi connectivity index (χ4v) is 6.04. The molecule has 0 aliphatic rings. The fraction of sp³-hybridized carbons (Fsp3) is 1.00. The van der Waals surface area contributed by atoms with E-state index in [2.05, 4.69) is 53.4 Å². The van der Waals surface area contributed by atoms with Crippen molar-refractivity contribution in [2.45, 2.75) is 201 Å². The second-order valence-corrected chi connectivity index (χ2v) is 12.2. The monoisotopic (exact) mass is 466 g/mol. The Hall–Kier alpha value is -0.0400. The van der Waals surface area contributed by atoms with Gasteiger partial charge in [0, 0.05) is 11.1 Å². The molecule has 0 heterocycles. The highest BCUT2D eigenvalue weighted by Gasteiger charge is 2.35. The number of rotatable bonds is 25. The maximum atomic E-state index is 2.82. The molecule has 0 bridgehead atoms. The van der Waals surface area contributed by atoms with E-state index in [-0.39, 0.29) is 0 Å². The van der Waals surface area contributed by atoms with Crippen LogP contribution in [0.3, 0.4) is 0 Å². The highest BCUT2D eigenvalue weighted by atomic mass is 15.2. The summed E-state index contributed by atoms with van der Waals surface area (Å²) in [7, 11) is 0. The Bertz CT molecular complexity index is 361. The quantitative estimate of drug-likeness (QED) is 0.121. The van der Waals surface area contributed by atoms with E-state index < -0.39 is 0 Å². The third-order valence-electron chi connectivity index (χ3n) is 8.06. The van der Waals surface area contributed by atoms with Crippen molar-refractivity contribution in [3.05, 3.63) is 0 Å². The summed E-state index contributed by atoms with van der Waals surface area (Å²) in [6.07, 6.45) is 31.4. The van der Waals surface area contributed by atoms with Gasteiger partial charge in [-0.2, -0.15) is 0 Å². The minimum atomic E-state index is 0.316. The highest BCUT2D eigenvalue weighted by molar-refractivity contribution is 4.91. The summed E-state index contributed by atoms with van der Waals surface area (Å²) in [6.45, 7) is 18.2. The molecule has 1 nitrogen and oxygen atoms in total. The van der Waals surface area contributed by atoms with Crippen molar-refractivity contribution in [1.29, 1.82) is 0 Å². The Morgan fingerprint density at radius 1 is 0.364 bits per heavy atom. The van der Waals surface area contributed by atoms with Gasteiger partial charge in [-0.15, -0.1) is 0 Å². The summed E-state index contributed by atoms with van der Waals surface area (Å²) < 4.78 is 0. The summed E-state index contributed by atoms with van der Waals surface area (Å²) >= 11 is 0. The van der Waals surface area contributed by atoms with E-state index in [1.165, 1.54) is 148 Å². The van der Waals surface area contributed by atoms with Crippen LogP contribution in [0.1, 0.15) is 190 Å². The van der Waals surface area contributed by atoms with E-state index in [0.29, 0.717) is 11.1 Å². The van der Waals surface area contributed by atoms with Gasteiger partial charge in [-0.3, -0.25) is 4.90 Å². The van der Waals surface area contributed by atoms with Crippen LogP contribution < -0.4 is 0 Å². The standard InChI is InChI=1S/C32H67N/c1-8-11-13-15-17-19-21-23-25-27-29-31(4,5)33(10-3)32(6,7)30-28-26-24-22-20-18-16-14-12-9-2/h8-30H2,1-7H3. The Labute approximate surface area is 212 Å². The summed E-state index contributed by atoms with van der Waals surface area (Å²) in [5.41, 5.74) is 0.633. The zero-order chi connectivity index (χ0) is 24.8. The van der Waals surface area contributed by atoms with Crippen LogP contribution in [0.25, 0.3) is 0 Å². The van der Waals surface area contributed by atoms with E-state index in [0.717, 1.165) is 0 Å². The van der Waals surface area contributed by atoms with Crippen LogP contribution in [0.4, 0.5) is 0 Å². The van der Waals surface area contributed by atoms with Gasteiger partial charge in [-0.05, 0) is 47.1 Å². The Balaban J connectivity index is 4.01. The number of nitrogens with zero attached hydrogens (tertiary/aromatic N) is 1. The lowest BCUT2D eigenvalue weighted by atomic mass is 9.85. The Morgan fingerprint density at radius 3 is 0.848 bits per heavy atom. The zero-order valence-corrected chi connectivity index (χ0v) is 24.7. The lowest BCUT2D eigenvalue weighted by Crippen LogP contribution is -2.55. The third kappa shape index (κ3) is 18.0. The molecule has 0 aromatic heterocycles. The first-order valence-corrected chi connectivity index (χ1v) is 15.6. The first kappa shape index (κ1) is 33.0. The average Bonchev–Trinajstić information content (AvgIpc) is 2.76. The molecule has 0 saturated heterocycles. The van der Waals surface area contributed by atoms with Gasteiger partial charge in [0.2, 0.25) is 0 Å². The van der Waals surface area contributed by atoms with E-state index >= 15 is 0 Å². The third-order valence-corrected chi connectivity index (χ3v) is 8.06. The molecule has 0 unspecified atom stereocenters. The lowest BCUT2D eigenvalue weighted by Gasteiger charge is -2.49. The number of hydrogen-bond donors (Lipinski definition) is 0. The SMILES string of the molecule is CCCCCCCCCCCCC(C)(C)N(CC)C(C)(C)CCCCCCCCCCCC. The summed E-state index contributed by atoms with van der Waals surface area (Å²) in [5.74, 6) is 0. The molecular weight excluding hydrogens is 398 g/mol. The zero-order valence-electron chi connectivity index (χ0n) is 24.7. The van der Waals surface area contributed by atoms with Gasteiger partial charge in [-0.1, -0.05) is 149 Å². The van der Waals surface area contributed by atoms with Crippen LogP contribution in [0.2, 0.25) is 0 Å². The van der Waals surface area contributed by atoms with Crippen molar-refractivity contribution < 1.29 is 0 Å². The molecule has 0 atom stereocenters. The molecule has 0 radical (unpaired) electrons. The smallest absolute Gasteiger partial charge is 0.0158 e. The maximum Gasteiger partial charge on any atom is 0.0158 e. The van der Waals surface area contributed by atoms with Crippen LogP contribution in [-0.2, 0) is 0 Å². The first-order chi connectivity index (χ1) is 15.8. The van der Waals surface area contributed by atoms with Crippen LogP contribution >= 0.6 is 0 Å². The second-order valence-electron chi connectivity index (χ2n) is 12.2. The van der Waals surface area contributed by atoms with Crippen molar-refractivity contribution in [3.63, 3.8) is 0 Å². The van der Waals surface area contributed by atoms with Crippen molar-refractivity contribution in [3.8, 4) is 0 Å². The average molecular weight is 466 g/mol. The minimum absolute atomic E-state index is 0.316. The molecule has 0 amide bonds. The van der Waals surface area contributed by atoms with Gasteiger partial charge in [0.15, 0.2) is 0 Å². The largest absolute Gasteiger partial charge is 0.293 e. The molecule has 1 heteroatoms. The fourth-order valence-electron chi connectivity index (χ4n) is 6.04. The van der Waals surface area contributed by atoms with Gasteiger partial charge in [-0.25, -0.2) is 0 Å². The molecule has 0 aromatic rings. The van der Waals surface area contributed by atoms with E-state index in [9.17, 15) is 0 Å². The normalized spacial score (nSPS) is 12.7. The Morgan fingerprint density at radius 2 is 0.606 bits per heavy atom. The van der Waals surface area contributed by atoms with Crippen molar-refractivity contribution in [2.24, 2.45) is 0 Å². The molecule has 0 N–H and O–H groups in total. The predicted molar refractivity (Wildman–Crippen MR) is 153 cm³/mol. The van der Waals surface area contributed by atoms with Crippen molar-refractivity contribution in [2.75, 3.05) is 6.54 Å². The van der Waals surface area contributed by atoms with Crippen LogP contribution in [0.5, 0.6) is 0 Å². The lowest BCUT2D eigenvalue weighted by molar-refractivity contribution is 0.00815. The molecular formula is C32H67N. The summed E-state index contributed by atoms with van der Waals surface area (Å²) in [5, 5.41) is 0. The molecule has 0 saturated carbocycles. The van der Waals surface area contributed by atoms with E-state index in [1.54, 1.807) is 0 Å². The van der Waals surface area contributed by atoms with E-state index in [4.69, 9.17) is 0 Å². The highest BCUT2D eigenvalue weighted by Crippen LogP contribution is 2.33. The Kier molecular flexibility index (Phi) is 21.2. The van der Waals surface area contributed by atoms with Gasteiger partial charge in [0.05, 0.1) is 0 Å². The molecule has 0 rings (SSSR count). The maximum absolute atomic E-state index is 2.82. The van der Waals surface area contributed by atoms with Gasteiger partial charge >= 0.3 is 0 Å². The van der Waals surface area contributed by atoms with Crippen LogP contribution in [-0.4, -0.2) is 22.5 Å².